The largest absolute Gasteiger partial charge is 0.401 e. The summed E-state index contributed by atoms with van der Waals surface area (Å²) < 4.78 is 36.9. The van der Waals surface area contributed by atoms with Gasteiger partial charge in [-0.15, -0.1) is 24.8 Å². The number of nitrogens with two attached hydrogens (primary N) is 1. The van der Waals surface area contributed by atoms with E-state index in [9.17, 15) is 18.0 Å². The number of carbonyl (C=O) groups is 1. The lowest BCUT2D eigenvalue weighted by molar-refractivity contribution is -0.143. The van der Waals surface area contributed by atoms with Crippen LogP contribution in [-0.2, 0) is 0 Å². The van der Waals surface area contributed by atoms with E-state index in [1.807, 2.05) is 0 Å². The molecule has 0 spiro atoms. The highest BCUT2D eigenvalue weighted by molar-refractivity contribution is 5.94. The first-order valence-electron chi connectivity index (χ1n) is 6.76. The van der Waals surface area contributed by atoms with Crippen molar-refractivity contribution in [2.75, 3.05) is 31.9 Å². The van der Waals surface area contributed by atoms with Crippen LogP contribution < -0.4 is 11.1 Å². The highest BCUT2D eigenvalue weighted by Crippen LogP contribution is 2.22. The van der Waals surface area contributed by atoms with Crippen LogP contribution in [0.3, 0.4) is 0 Å². The monoisotopic (exact) mass is 373 g/mol. The lowest BCUT2D eigenvalue weighted by Gasteiger charge is -2.18. The van der Waals surface area contributed by atoms with Crippen LogP contribution in [0.1, 0.15) is 16.8 Å². The van der Waals surface area contributed by atoms with Gasteiger partial charge >= 0.3 is 6.18 Å². The molecule has 1 aliphatic rings. The summed E-state index contributed by atoms with van der Waals surface area (Å²) in [6, 6.07) is 6.59. The van der Waals surface area contributed by atoms with E-state index in [2.05, 4.69) is 5.32 Å². The van der Waals surface area contributed by atoms with Crippen LogP contribution in [0, 0.1) is 5.92 Å². The standard InChI is InChI=1S/C14H18F3N3O.2ClH/c15-14(16,17)9-20-5-4-10(8-20)7-19-13(21)11-2-1-3-12(18)6-11;;/h1-3,6,10H,4-5,7-9,18H2,(H,19,21);2*1H. The van der Waals surface area contributed by atoms with E-state index in [0.29, 0.717) is 37.3 Å². The molecule has 3 N–H and O–H groups in total. The average Bonchev–Trinajstić information content (AvgIpc) is 2.81. The molecule has 1 aliphatic heterocycles. The van der Waals surface area contributed by atoms with E-state index in [1.165, 1.54) is 4.90 Å². The molecule has 23 heavy (non-hydrogen) atoms. The summed E-state index contributed by atoms with van der Waals surface area (Å²) in [4.78, 5) is 13.3. The summed E-state index contributed by atoms with van der Waals surface area (Å²) >= 11 is 0. The summed E-state index contributed by atoms with van der Waals surface area (Å²) in [6.45, 7) is 0.268. The summed E-state index contributed by atoms with van der Waals surface area (Å²) in [5.41, 5.74) is 6.56. The molecule has 1 heterocycles. The second-order valence-corrected chi connectivity index (χ2v) is 5.34. The second kappa shape index (κ2) is 9.20. The predicted molar refractivity (Wildman–Crippen MR) is 88.3 cm³/mol. The van der Waals surface area contributed by atoms with Gasteiger partial charge in [0.05, 0.1) is 6.54 Å². The van der Waals surface area contributed by atoms with Crippen molar-refractivity contribution in [3.63, 3.8) is 0 Å². The minimum atomic E-state index is -4.17. The van der Waals surface area contributed by atoms with Crippen molar-refractivity contribution in [2.45, 2.75) is 12.6 Å². The van der Waals surface area contributed by atoms with Gasteiger partial charge in [0.15, 0.2) is 0 Å². The Labute approximate surface area is 145 Å². The van der Waals surface area contributed by atoms with Crippen LogP contribution in [0.5, 0.6) is 0 Å². The first kappa shape index (κ1) is 21.8. The maximum atomic E-state index is 12.3. The van der Waals surface area contributed by atoms with Crippen LogP contribution in [0.4, 0.5) is 18.9 Å². The third-order valence-corrected chi connectivity index (χ3v) is 3.47. The second-order valence-electron chi connectivity index (χ2n) is 5.34. The third-order valence-electron chi connectivity index (χ3n) is 3.47. The number of nitrogen functional groups attached to an aromatic ring is 1. The highest BCUT2D eigenvalue weighted by atomic mass is 35.5. The van der Waals surface area contributed by atoms with Crippen molar-refractivity contribution >= 4 is 36.4 Å². The Kier molecular flexibility index (Phi) is 8.73. The fourth-order valence-electron chi connectivity index (χ4n) is 2.50. The summed E-state index contributed by atoms with van der Waals surface area (Å²) in [6.07, 6.45) is -3.51. The minimum absolute atomic E-state index is 0. The number of rotatable bonds is 4. The SMILES string of the molecule is Cl.Cl.Nc1cccc(C(=O)NCC2CCN(CC(F)(F)F)C2)c1. The van der Waals surface area contributed by atoms with Gasteiger partial charge in [0.1, 0.15) is 0 Å². The molecule has 132 valence electrons. The van der Waals surface area contributed by atoms with Crippen molar-refractivity contribution < 1.29 is 18.0 Å². The topological polar surface area (TPSA) is 58.4 Å². The van der Waals surface area contributed by atoms with E-state index in [-0.39, 0.29) is 36.6 Å². The molecule has 1 aromatic carbocycles. The fourth-order valence-corrected chi connectivity index (χ4v) is 2.50. The molecule has 0 radical (unpaired) electrons. The Balaban J connectivity index is 0.00000242. The number of alkyl halides is 3. The smallest absolute Gasteiger partial charge is 0.399 e. The number of amides is 1. The van der Waals surface area contributed by atoms with Crippen LogP contribution in [0.25, 0.3) is 0 Å². The Hall–Kier alpha value is -1.18. The minimum Gasteiger partial charge on any atom is -0.399 e. The van der Waals surface area contributed by atoms with Crippen LogP contribution >= 0.6 is 24.8 Å². The molecule has 1 unspecified atom stereocenters. The van der Waals surface area contributed by atoms with E-state index >= 15 is 0 Å². The molecular formula is C14H20Cl2F3N3O. The van der Waals surface area contributed by atoms with Gasteiger partial charge in [-0.1, -0.05) is 6.07 Å². The van der Waals surface area contributed by atoms with E-state index < -0.39 is 12.7 Å². The van der Waals surface area contributed by atoms with Gasteiger partial charge in [-0.3, -0.25) is 9.69 Å². The average molecular weight is 374 g/mol. The summed E-state index contributed by atoms with van der Waals surface area (Å²) in [7, 11) is 0. The molecule has 1 saturated heterocycles. The number of anilines is 1. The van der Waals surface area contributed by atoms with Crippen molar-refractivity contribution in [3.8, 4) is 0 Å². The molecule has 1 fully saturated rings. The first-order valence-corrected chi connectivity index (χ1v) is 6.76. The summed E-state index contributed by atoms with van der Waals surface area (Å²) in [5, 5.41) is 2.75. The molecule has 0 bridgehead atoms. The lowest BCUT2D eigenvalue weighted by atomic mass is 10.1. The van der Waals surface area contributed by atoms with Crippen LogP contribution in [-0.4, -0.2) is 43.2 Å². The predicted octanol–water partition coefficient (Wildman–Crippen LogP) is 2.73. The molecule has 0 aliphatic carbocycles. The van der Waals surface area contributed by atoms with Crippen LogP contribution in [0.15, 0.2) is 24.3 Å². The fraction of sp³-hybridized carbons (Fsp3) is 0.500. The third kappa shape index (κ3) is 7.28. The molecule has 0 saturated carbocycles. The number of halogens is 5. The maximum absolute atomic E-state index is 12.3. The van der Waals surface area contributed by atoms with Crippen molar-refractivity contribution in [1.82, 2.24) is 10.2 Å². The zero-order valence-corrected chi connectivity index (χ0v) is 13.9. The Morgan fingerprint density at radius 1 is 1.35 bits per heavy atom. The summed E-state index contributed by atoms with van der Waals surface area (Å²) in [5.74, 6) is -0.200. The molecule has 1 amide bonds. The van der Waals surface area contributed by atoms with Gasteiger partial charge in [-0.2, -0.15) is 13.2 Å². The highest BCUT2D eigenvalue weighted by Gasteiger charge is 2.34. The van der Waals surface area contributed by atoms with E-state index in [4.69, 9.17) is 5.73 Å². The van der Waals surface area contributed by atoms with Gasteiger partial charge in [0.25, 0.3) is 5.91 Å². The lowest BCUT2D eigenvalue weighted by Crippen LogP contribution is -2.34. The zero-order chi connectivity index (χ0) is 15.5. The van der Waals surface area contributed by atoms with E-state index in [1.54, 1.807) is 24.3 Å². The number of benzene rings is 1. The number of likely N-dealkylation sites (tertiary alicyclic amines) is 1. The molecule has 1 atom stereocenters. The Morgan fingerprint density at radius 2 is 2.04 bits per heavy atom. The van der Waals surface area contributed by atoms with E-state index in [0.717, 1.165) is 0 Å². The molecule has 1 aromatic rings. The van der Waals surface area contributed by atoms with Gasteiger partial charge in [-0.05, 0) is 37.1 Å². The quantitative estimate of drug-likeness (QED) is 0.797. The zero-order valence-electron chi connectivity index (χ0n) is 12.3. The van der Waals surface area contributed by atoms with Crippen LogP contribution in [0.2, 0.25) is 0 Å². The number of hydrogen-bond donors (Lipinski definition) is 2. The number of nitrogens with one attached hydrogen (secondary N) is 1. The maximum Gasteiger partial charge on any atom is 0.401 e. The molecule has 9 heteroatoms. The van der Waals surface area contributed by atoms with Gasteiger partial charge < -0.3 is 11.1 Å². The first-order chi connectivity index (χ1) is 9.83. The molecule has 2 rings (SSSR count). The van der Waals surface area contributed by atoms with Gasteiger partial charge in [-0.25, -0.2) is 0 Å². The Morgan fingerprint density at radius 3 is 2.65 bits per heavy atom. The van der Waals surface area contributed by atoms with Crippen molar-refractivity contribution in [1.29, 1.82) is 0 Å². The Bertz CT molecular complexity index is 514. The van der Waals surface area contributed by atoms with Crippen molar-refractivity contribution in [3.05, 3.63) is 29.8 Å². The van der Waals surface area contributed by atoms with Gasteiger partial charge in [0.2, 0.25) is 0 Å². The molecule has 0 aromatic heterocycles. The number of carbonyl (C=O) groups excluding carboxylic acids is 1. The van der Waals surface area contributed by atoms with Gasteiger partial charge in [0, 0.05) is 24.3 Å². The van der Waals surface area contributed by atoms with Crippen molar-refractivity contribution in [2.24, 2.45) is 5.92 Å². The normalized spacial score (nSPS) is 18.0. The molecule has 4 nitrogen and oxygen atoms in total. The molecular weight excluding hydrogens is 354 g/mol. The number of nitrogens with zero attached hydrogens (tertiary/aromatic N) is 1. The number of hydrogen-bond acceptors (Lipinski definition) is 3.